The quantitative estimate of drug-likeness (QED) is 0.281. The van der Waals surface area contributed by atoms with E-state index in [1.807, 2.05) is 13.8 Å². The van der Waals surface area contributed by atoms with Gasteiger partial charge in [-0.25, -0.2) is 0 Å². The molecule has 3 aromatic carbocycles. The fraction of sp³-hybridized carbons (Fsp3) is 0.233. The maximum Gasteiger partial charge on any atom is 0.244 e. The van der Waals surface area contributed by atoms with Crippen LogP contribution in [0.4, 0.5) is 5.69 Å². The van der Waals surface area contributed by atoms with Gasteiger partial charge in [-0.05, 0) is 68.4 Å². The van der Waals surface area contributed by atoms with Crippen LogP contribution in [-0.4, -0.2) is 43.7 Å². The molecule has 1 amide bonds. The van der Waals surface area contributed by atoms with Gasteiger partial charge in [0.25, 0.3) is 0 Å². The molecule has 0 aliphatic heterocycles. The number of nitrogens with zero attached hydrogens (tertiary/aromatic N) is 1. The van der Waals surface area contributed by atoms with Gasteiger partial charge in [-0.1, -0.05) is 0 Å². The summed E-state index contributed by atoms with van der Waals surface area (Å²) in [5, 5.41) is 3.10. The molecule has 0 spiro atoms. The van der Waals surface area contributed by atoms with E-state index in [2.05, 4.69) is 5.32 Å². The molecule has 1 heterocycles. The van der Waals surface area contributed by atoms with E-state index in [4.69, 9.17) is 18.9 Å². The van der Waals surface area contributed by atoms with E-state index in [9.17, 15) is 14.4 Å². The number of carbonyl (C=O) groups excluding carboxylic acids is 2. The highest BCUT2D eigenvalue weighted by molar-refractivity contribution is 6.10. The average molecular weight is 531 g/mol. The monoisotopic (exact) mass is 530 g/mol. The van der Waals surface area contributed by atoms with Gasteiger partial charge in [0.05, 0.1) is 43.9 Å². The Morgan fingerprint density at radius 3 is 2.15 bits per heavy atom. The number of hydrogen-bond donors (Lipinski definition) is 1. The van der Waals surface area contributed by atoms with Crippen LogP contribution in [0.3, 0.4) is 0 Å². The Balaban J connectivity index is 1.72. The van der Waals surface area contributed by atoms with Crippen molar-refractivity contribution in [2.75, 3.05) is 32.8 Å². The van der Waals surface area contributed by atoms with Crippen molar-refractivity contribution in [2.24, 2.45) is 0 Å². The summed E-state index contributed by atoms with van der Waals surface area (Å²) in [6, 6.07) is 16.6. The van der Waals surface area contributed by atoms with Crippen molar-refractivity contribution in [3.05, 3.63) is 88.2 Å². The van der Waals surface area contributed by atoms with Crippen molar-refractivity contribution in [3.63, 3.8) is 0 Å². The molecule has 4 aromatic rings. The van der Waals surface area contributed by atoms with E-state index >= 15 is 0 Å². The molecule has 39 heavy (non-hydrogen) atoms. The van der Waals surface area contributed by atoms with Crippen molar-refractivity contribution in [3.8, 4) is 23.0 Å². The van der Waals surface area contributed by atoms with E-state index in [0.29, 0.717) is 53.0 Å². The minimum atomic E-state index is -0.458. The number of amides is 1. The summed E-state index contributed by atoms with van der Waals surface area (Å²) in [5.41, 5.74) is 0.833. The highest BCUT2D eigenvalue weighted by atomic mass is 16.5. The fourth-order valence-corrected chi connectivity index (χ4v) is 4.22. The molecule has 9 heteroatoms. The zero-order valence-electron chi connectivity index (χ0n) is 22.3. The molecule has 0 fully saturated rings. The van der Waals surface area contributed by atoms with Gasteiger partial charge in [0.15, 0.2) is 17.3 Å². The van der Waals surface area contributed by atoms with Gasteiger partial charge in [-0.15, -0.1) is 0 Å². The number of ether oxygens (including phenoxy) is 4. The van der Waals surface area contributed by atoms with Gasteiger partial charge >= 0.3 is 0 Å². The molecular formula is C30H30N2O7. The average Bonchev–Trinajstić information content (AvgIpc) is 2.95. The molecule has 9 nitrogen and oxygen atoms in total. The normalized spacial score (nSPS) is 10.7. The number of nitrogens with one attached hydrogen (secondary N) is 1. The summed E-state index contributed by atoms with van der Waals surface area (Å²) in [6.45, 7) is 4.47. The van der Waals surface area contributed by atoms with Gasteiger partial charge in [-0.3, -0.25) is 14.4 Å². The van der Waals surface area contributed by atoms with Crippen molar-refractivity contribution >= 4 is 28.3 Å². The Bertz CT molecular complexity index is 1560. The molecule has 0 radical (unpaired) electrons. The first-order valence-electron chi connectivity index (χ1n) is 12.5. The van der Waals surface area contributed by atoms with Crippen LogP contribution < -0.4 is 29.7 Å². The molecule has 1 N–H and O–H groups in total. The van der Waals surface area contributed by atoms with E-state index in [1.165, 1.54) is 20.4 Å². The highest BCUT2D eigenvalue weighted by Crippen LogP contribution is 2.30. The minimum absolute atomic E-state index is 0.0563. The lowest BCUT2D eigenvalue weighted by molar-refractivity contribution is -0.116. The summed E-state index contributed by atoms with van der Waals surface area (Å²) in [5.74, 6) is 1.30. The minimum Gasteiger partial charge on any atom is -0.494 e. The van der Waals surface area contributed by atoms with Gasteiger partial charge in [0.1, 0.15) is 18.0 Å². The molecule has 0 aliphatic carbocycles. The fourth-order valence-electron chi connectivity index (χ4n) is 4.22. The Hall–Kier alpha value is -4.79. The molecule has 202 valence electrons. The van der Waals surface area contributed by atoms with Gasteiger partial charge in [0, 0.05) is 23.5 Å². The van der Waals surface area contributed by atoms with Crippen LogP contribution in [-0.2, 0) is 11.3 Å². The number of hydrogen-bond acceptors (Lipinski definition) is 7. The third kappa shape index (κ3) is 6.04. The first kappa shape index (κ1) is 27.3. The third-order valence-electron chi connectivity index (χ3n) is 6.02. The largest absolute Gasteiger partial charge is 0.494 e. The van der Waals surface area contributed by atoms with Crippen LogP contribution in [0.25, 0.3) is 10.9 Å². The van der Waals surface area contributed by atoms with Crippen LogP contribution in [0, 0.1) is 0 Å². The standard InChI is InChI=1S/C30H30N2O7/c1-5-38-21-10-7-19(8-11-21)29(34)24-17-32(25-13-12-22(39-6-2)16-23(25)30(24)35)18-28(33)31-20-9-14-26(36-3)27(15-20)37-4/h7-17H,5-6,18H2,1-4H3,(H,31,33). The summed E-state index contributed by atoms with van der Waals surface area (Å²) >= 11 is 0. The van der Waals surface area contributed by atoms with Crippen LogP contribution in [0.15, 0.2) is 71.7 Å². The number of rotatable bonds is 11. The Morgan fingerprint density at radius 1 is 0.821 bits per heavy atom. The molecule has 0 bridgehead atoms. The van der Waals surface area contributed by atoms with Crippen molar-refractivity contribution in [2.45, 2.75) is 20.4 Å². The van der Waals surface area contributed by atoms with Gasteiger partial charge < -0.3 is 28.8 Å². The Morgan fingerprint density at radius 2 is 1.49 bits per heavy atom. The number of pyridine rings is 1. The number of aromatic nitrogens is 1. The summed E-state index contributed by atoms with van der Waals surface area (Å²) < 4.78 is 23.2. The predicted molar refractivity (Wildman–Crippen MR) is 149 cm³/mol. The second-order valence-corrected chi connectivity index (χ2v) is 8.52. The lowest BCUT2D eigenvalue weighted by atomic mass is 10.0. The van der Waals surface area contributed by atoms with E-state index < -0.39 is 11.2 Å². The lowest BCUT2D eigenvalue weighted by Gasteiger charge is -2.15. The first-order valence-corrected chi connectivity index (χ1v) is 12.5. The number of carbonyl (C=O) groups is 2. The molecule has 1 aromatic heterocycles. The molecule has 0 aliphatic rings. The van der Waals surface area contributed by atoms with E-state index in [1.54, 1.807) is 65.2 Å². The number of fused-ring (bicyclic) bond motifs is 1. The number of ketones is 1. The van der Waals surface area contributed by atoms with Crippen molar-refractivity contribution < 1.29 is 28.5 Å². The van der Waals surface area contributed by atoms with Gasteiger partial charge in [0.2, 0.25) is 11.3 Å². The molecule has 4 rings (SSSR count). The zero-order valence-corrected chi connectivity index (χ0v) is 22.3. The predicted octanol–water partition coefficient (Wildman–Crippen LogP) is 4.69. The SMILES string of the molecule is CCOc1ccc(C(=O)c2cn(CC(=O)Nc3ccc(OC)c(OC)c3)c3ccc(OCC)cc3c2=O)cc1. The number of benzene rings is 3. The van der Waals surface area contributed by atoms with Crippen molar-refractivity contribution in [1.29, 1.82) is 0 Å². The molecule has 0 atom stereocenters. The third-order valence-corrected chi connectivity index (χ3v) is 6.02. The summed E-state index contributed by atoms with van der Waals surface area (Å²) in [6.07, 6.45) is 1.43. The molecule has 0 saturated carbocycles. The van der Waals surface area contributed by atoms with Crippen molar-refractivity contribution in [1.82, 2.24) is 4.57 Å². The highest BCUT2D eigenvalue weighted by Gasteiger charge is 2.19. The van der Waals surface area contributed by atoms with Gasteiger partial charge in [-0.2, -0.15) is 0 Å². The first-order chi connectivity index (χ1) is 18.9. The lowest BCUT2D eigenvalue weighted by Crippen LogP contribution is -2.24. The van der Waals surface area contributed by atoms with Crippen LogP contribution in [0.1, 0.15) is 29.8 Å². The molecule has 0 saturated heterocycles. The Labute approximate surface area is 225 Å². The second kappa shape index (κ2) is 12.2. The maximum absolute atomic E-state index is 13.5. The molecular weight excluding hydrogens is 500 g/mol. The number of methoxy groups -OCH3 is 2. The van der Waals surface area contributed by atoms with Crippen LogP contribution in [0.2, 0.25) is 0 Å². The second-order valence-electron chi connectivity index (χ2n) is 8.52. The maximum atomic E-state index is 13.5. The van der Waals surface area contributed by atoms with Crippen LogP contribution in [0.5, 0.6) is 23.0 Å². The smallest absolute Gasteiger partial charge is 0.244 e. The number of anilines is 1. The van der Waals surface area contributed by atoms with E-state index in [-0.39, 0.29) is 23.4 Å². The topological polar surface area (TPSA) is 105 Å². The van der Waals surface area contributed by atoms with E-state index in [0.717, 1.165) is 0 Å². The summed E-state index contributed by atoms with van der Waals surface area (Å²) in [4.78, 5) is 40.0. The summed E-state index contributed by atoms with van der Waals surface area (Å²) in [7, 11) is 3.04. The van der Waals surface area contributed by atoms with Crippen LogP contribution >= 0.6 is 0 Å². The Kier molecular flexibility index (Phi) is 8.50. The molecule has 0 unspecified atom stereocenters. The zero-order chi connectivity index (χ0) is 27.9.